The number of carbonyl (C=O) groups excluding carboxylic acids is 3. The van der Waals surface area contributed by atoms with Crippen LogP contribution in [0.3, 0.4) is 0 Å². The number of aryl methyl sites for hydroxylation is 1. The maximum Gasteiger partial charge on any atom is 0.246 e. The number of thiazole rings is 1. The van der Waals surface area contributed by atoms with E-state index in [0.29, 0.717) is 43.1 Å². The number of nitrogens with one attached hydrogen (secondary N) is 2. The van der Waals surface area contributed by atoms with Gasteiger partial charge in [-0.3, -0.25) is 14.4 Å². The minimum atomic E-state index is -0.887. The van der Waals surface area contributed by atoms with E-state index < -0.39 is 23.6 Å². The number of likely N-dealkylation sites (tertiary alicyclic amines) is 1. The summed E-state index contributed by atoms with van der Waals surface area (Å²) in [6, 6.07) is 15.2. The maximum atomic E-state index is 14.1. The highest BCUT2D eigenvalue weighted by Crippen LogP contribution is 2.34. The lowest BCUT2D eigenvalue weighted by Gasteiger charge is -2.36. The van der Waals surface area contributed by atoms with E-state index in [1.54, 1.807) is 29.5 Å². The molecule has 54 heavy (non-hydrogen) atoms. The molecule has 4 heterocycles. The number of carbonyl (C=O) groups is 3. The first-order valence-electron chi connectivity index (χ1n) is 18.5. The summed E-state index contributed by atoms with van der Waals surface area (Å²) in [4.78, 5) is 50.0. The number of β-amino-alcohol motifs (C(OH)–C–C–N with tert-alkyl or cyclic N) is 1. The molecule has 3 amide bonds. The van der Waals surface area contributed by atoms with Gasteiger partial charge in [0, 0.05) is 44.6 Å². The molecular formula is C40H50N8O5S. The number of aliphatic hydroxyl groups is 1. The van der Waals surface area contributed by atoms with E-state index in [2.05, 4.69) is 42.8 Å². The number of phenolic OH excluding ortho intramolecular Hbond substituents is 1. The molecule has 0 saturated carbocycles. The number of hydrogen-bond acceptors (Lipinski definition) is 11. The summed E-state index contributed by atoms with van der Waals surface area (Å²) in [6.45, 7) is 9.34. The fourth-order valence-corrected chi connectivity index (χ4v) is 8.11. The molecule has 14 heteroatoms. The van der Waals surface area contributed by atoms with E-state index >= 15 is 0 Å². The van der Waals surface area contributed by atoms with Crippen LogP contribution in [0.1, 0.15) is 57.7 Å². The molecule has 2 aromatic carbocycles. The summed E-state index contributed by atoms with van der Waals surface area (Å²) < 4.78 is 0. The Bertz CT molecular complexity index is 1950. The standard InChI is InChI=1S/C40H50N8O5S/c1-24-35(54-23-43-24)27-11-9-25(10-12-27)13-16-42-38(52)32-20-28(49)22-48(32)39(53)36(40(2,3)4)44-34(51)19-26-14-17-47(18-15-26)31-21-30(45-46-37(31)41)29-7-5-6-8-33(29)50/h5-12,21,23,26,28,32,36,49-50H,13-20,22H2,1-4H3,(H2,41,46)(H,42,52)(H,44,51)/t28-,32-,36+/m0/s1. The van der Waals surface area contributed by atoms with E-state index in [0.717, 1.165) is 40.2 Å². The number of rotatable bonds is 11. The lowest BCUT2D eigenvalue weighted by Crippen LogP contribution is -2.58. The van der Waals surface area contributed by atoms with Crippen LogP contribution < -0.4 is 21.3 Å². The Hall–Kier alpha value is -5.08. The lowest BCUT2D eigenvalue weighted by molar-refractivity contribution is -0.144. The van der Waals surface area contributed by atoms with Crippen molar-refractivity contribution in [3.05, 3.63) is 71.4 Å². The van der Waals surface area contributed by atoms with E-state index in [4.69, 9.17) is 5.73 Å². The van der Waals surface area contributed by atoms with Gasteiger partial charge in [0.05, 0.1) is 33.6 Å². The SMILES string of the molecule is Cc1ncsc1-c1ccc(CCNC(=O)[C@@H]2C[C@H](O)CN2C(=O)[C@@H](NC(=O)CC2CCN(c3cc(-c4ccccc4O)nnc3N)CC2)C(C)(C)C)cc1. The van der Waals surface area contributed by atoms with Gasteiger partial charge in [0.1, 0.15) is 17.8 Å². The quantitative estimate of drug-likeness (QED) is 0.148. The highest BCUT2D eigenvalue weighted by atomic mass is 32.1. The molecule has 6 N–H and O–H groups in total. The largest absolute Gasteiger partial charge is 0.507 e. The Labute approximate surface area is 320 Å². The third-order valence-electron chi connectivity index (χ3n) is 10.4. The molecule has 0 bridgehead atoms. The molecule has 0 spiro atoms. The molecule has 4 aromatic rings. The summed E-state index contributed by atoms with van der Waals surface area (Å²) in [5, 5.41) is 35.2. The molecule has 3 atom stereocenters. The minimum absolute atomic E-state index is 0.0227. The van der Waals surface area contributed by atoms with Gasteiger partial charge in [0.15, 0.2) is 5.82 Å². The fourth-order valence-electron chi connectivity index (χ4n) is 7.30. The van der Waals surface area contributed by atoms with Crippen LogP contribution in [0, 0.1) is 18.3 Å². The van der Waals surface area contributed by atoms with Gasteiger partial charge in [-0.05, 0) is 66.8 Å². The molecule has 0 aliphatic carbocycles. The van der Waals surface area contributed by atoms with E-state index in [-0.39, 0.29) is 48.8 Å². The topological polar surface area (TPSA) is 187 Å². The van der Waals surface area contributed by atoms with Crippen LogP contribution in [-0.4, -0.2) is 92.4 Å². The summed E-state index contributed by atoms with van der Waals surface area (Å²) in [6.07, 6.45) is 1.61. The number of anilines is 2. The summed E-state index contributed by atoms with van der Waals surface area (Å²) in [7, 11) is 0. The summed E-state index contributed by atoms with van der Waals surface area (Å²) in [5.74, 6) is -0.437. The van der Waals surface area contributed by atoms with Crippen molar-refractivity contribution in [1.29, 1.82) is 0 Å². The van der Waals surface area contributed by atoms with Gasteiger partial charge < -0.3 is 36.4 Å². The van der Waals surface area contributed by atoms with Gasteiger partial charge in [0.2, 0.25) is 17.7 Å². The van der Waals surface area contributed by atoms with Crippen LogP contribution in [0.15, 0.2) is 60.1 Å². The monoisotopic (exact) mass is 754 g/mol. The number of aliphatic hydroxyl groups excluding tert-OH is 1. The number of para-hydroxylation sites is 1. The van der Waals surface area contributed by atoms with Gasteiger partial charge in [0.25, 0.3) is 0 Å². The number of amides is 3. The fraction of sp³-hybridized carbons (Fsp3) is 0.450. The van der Waals surface area contributed by atoms with Crippen molar-refractivity contribution < 1.29 is 24.6 Å². The van der Waals surface area contributed by atoms with Gasteiger partial charge in [-0.1, -0.05) is 57.2 Å². The first-order valence-corrected chi connectivity index (χ1v) is 19.4. The molecule has 0 radical (unpaired) electrons. The van der Waals surface area contributed by atoms with Crippen LogP contribution in [0.5, 0.6) is 5.75 Å². The highest BCUT2D eigenvalue weighted by molar-refractivity contribution is 7.13. The predicted molar refractivity (Wildman–Crippen MR) is 210 cm³/mol. The second-order valence-corrected chi connectivity index (χ2v) is 16.3. The number of piperidine rings is 1. The molecule has 286 valence electrons. The third-order valence-corrected chi connectivity index (χ3v) is 11.3. The molecule has 0 unspecified atom stereocenters. The van der Waals surface area contributed by atoms with Crippen molar-refractivity contribution in [2.75, 3.05) is 36.8 Å². The number of aromatic hydroxyl groups is 1. The van der Waals surface area contributed by atoms with E-state index in [1.807, 2.05) is 57.5 Å². The smallest absolute Gasteiger partial charge is 0.246 e. The first-order chi connectivity index (χ1) is 25.8. The van der Waals surface area contributed by atoms with E-state index in [1.165, 1.54) is 4.90 Å². The average molecular weight is 755 g/mol. The molecule has 2 fully saturated rings. The van der Waals surface area contributed by atoms with Gasteiger partial charge in [-0.15, -0.1) is 21.5 Å². The number of aromatic nitrogens is 3. The van der Waals surface area contributed by atoms with Crippen molar-refractivity contribution in [1.82, 2.24) is 30.7 Å². The zero-order valence-electron chi connectivity index (χ0n) is 31.3. The molecule has 2 aromatic heterocycles. The van der Waals surface area contributed by atoms with Gasteiger partial charge in [-0.25, -0.2) is 4.98 Å². The molecule has 6 rings (SSSR count). The van der Waals surface area contributed by atoms with Gasteiger partial charge >= 0.3 is 0 Å². The van der Waals surface area contributed by atoms with Crippen LogP contribution in [0.2, 0.25) is 0 Å². The Morgan fingerprint density at radius 3 is 2.44 bits per heavy atom. The first kappa shape index (κ1) is 38.6. The molecule has 2 aliphatic heterocycles. The van der Waals surface area contributed by atoms with Crippen LogP contribution in [-0.2, 0) is 20.8 Å². The summed E-state index contributed by atoms with van der Waals surface area (Å²) in [5.41, 5.74) is 12.4. The molecule has 13 nitrogen and oxygen atoms in total. The molecule has 2 aliphatic rings. The normalized spacial score (nSPS) is 18.4. The number of hydrogen-bond donors (Lipinski definition) is 5. The third kappa shape index (κ3) is 8.99. The van der Waals surface area contributed by atoms with Crippen molar-refractivity contribution >= 4 is 40.6 Å². The predicted octanol–water partition coefficient (Wildman–Crippen LogP) is 4.32. The Balaban J connectivity index is 1.02. The average Bonchev–Trinajstić information content (AvgIpc) is 3.76. The number of nitrogens with zero attached hydrogens (tertiary/aromatic N) is 5. The lowest BCUT2D eigenvalue weighted by atomic mass is 9.85. The minimum Gasteiger partial charge on any atom is -0.507 e. The van der Waals surface area contributed by atoms with Crippen LogP contribution in [0.25, 0.3) is 21.7 Å². The summed E-state index contributed by atoms with van der Waals surface area (Å²) >= 11 is 1.60. The second-order valence-electron chi connectivity index (χ2n) is 15.4. The second kappa shape index (κ2) is 16.5. The Morgan fingerprint density at radius 1 is 1.06 bits per heavy atom. The number of nitrogen functional groups attached to an aromatic ring is 1. The van der Waals surface area contributed by atoms with Crippen LogP contribution >= 0.6 is 11.3 Å². The van der Waals surface area contributed by atoms with Crippen LogP contribution in [0.4, 0.5) is 11.5 Å². The van der Waals surface area contributed by atoms with Gasteiger partial charge in [-0.2, -0.15) is 0 Å². The van der Waals surface area contributed by atoms with Crippen molar-refractivity contribution in [3.63, 3.8) is 0 Å². The van der Waals surface area contributed by atoms with E-state index in [9.17, 15) is 24.6 Å². The Morgan fingerprint density at radius 2 is 1.78 bits per heavy atom. The zero-order valence-corrected chi connectivity index (χ0v) is 32.1. The highest BCUT2D eigenvalue weighted by Gasteiger charge is 2.44. The van der Waals surface area contributed by atoms with Crippen molar-refractivity contribution in [2.24, 2.45) is 11.3 Å². The van der Waals surface area contributed by atoms with Crippen molar-refractivity contribution in [2.45, 2.75) is 78.0 Å². The number of benzene rings is 2. The molecule has 2 saturated heterocycles. The zero-order chi connectivity index (χ0) is 38.6. The maximum absolute atomic E-state index is 14.1. The molecular weight excluding hydrogens is 705 g/mol. The number of nitrogens with two attached hydrogens (primary N) is 1. The Kier molecular flexibility index (Phi) is 11.8. The number of phenols is 1. The van der Waals surface area contributed by atoms with Crippen molar-refractivity contribution in [3.8, 4) is 27.4 Å².